The SMILES string of the molecule is OC(Cc1cccc(C(F)(F)F)c1)C1CCC(F)(F)CC1. The third-order valence-electron chi connectivity index (χ3n) is 4.01. The van der Waals surface area contributed by atoms with Gasteiger partial charge >= 0.3 is 6.18 Å². The zero-order valence-electron chi connectivity index (χ0n) is 11.3. The van der Waals surface area contributed by atoms with Gasteiger partial charge in [0, 0.05) is 12.8 Å². The first-order chi connectivity index (χ1) is 9.67. The Balaban J connectivity index is 1.99. The molecule has 1 aromatic rings. The maximum absolute atomic E-state index is 13.0. The lowest BCUT2D eigenvalue weighted by atomic mass is 9.81. The summed E-state index contributed by atoms with van der Waals surface area (Å²) >= 11 is 0. The third-order valence-corrected chi connectivity index (χ3v) is 4.01. The highest BCUT2D eigenvalue weighted by molar-refractivity contribution is 5.26. The van der Waals surface area contributed by atoms with Crippen LogP contribution in [0.4, 0.5) is 22.0 Å². The summed E-state index contributed by atoms with van der Waals surface area (Å²) in [6, 6.07) is 4.77. The summed E-state index contributed by atoms with van der Waals surface area (Å²) in [7, 11) is 0. The van der Waals surface area contributed by atoms with Crippen molar-refractivity contribution in [1.82, 2.24) is 0 Å². The van der Waals surface area contributed by atoms with Crippen molar-refractivity contribution in [3.8, 4) is 0 Å². The van der Waals surface area contributed by atoms with Gasteiger partial charge in [-0.1, -0.05) is 18.2 Å². The number of aliphatic hydroxyl groups excluding tert-OH is 1. The van der Waals surface area contributed by atoms with Crippen molar-refractivity contribution in [3.63, 3.8) is 0 Å². The number of halogens is 5. The molecule has 1 atom stereocenters. The second-order valence-electron chi connectivity index (χ2n) is 5.66. The molecule has 0 bridgehead atoms. The first-order valence-electron chi connectivity index (χ1n) is 6.89. The summed E-state index contributed by atoms with van der Waals surface area (Å²) in [5, 5.41) is 10.1. The fourth-order valence-corrected chi connectivity index (χ4v) is 2.73. The van der Waals surface area contributed by atoms with Crippen molar-refractivity contribution in [2.24, 2.45) is 5.92 Å². The van der Waals surface area contributed by atoms with Gasteiger partial charge < -0.3 is 5.11 Å². The van der Waals surface area contributed by atoms with Crippen LogP contribution in [0, 0.1) is 5.92 Å². The molecule has 1 aliphatic rings. The largest absolute Gasteiger partial charge is 0.416 e. The average molecular weight is 308 g/mol. The number of hydrogen-bond acceptors (Lipinski definition) is 1. The fourth-order valence-electron chi connectivity index (χ4n) is 2.73. The lowest BCUT2D eigenvalue weighted by Crippen LogP contribution is -2.32. The molecule has 0 amide bonds. The van der Waals surface area contributed by atoms with Gasteiger partial charge in [-0.25, -0.2) is 8.78 Å². The van der Waals surface area contributed by atoms with Gasteiger partial charge in [0.15, 0.2) is 0 Å². The maximum Gasteiger partial charge on any atom is 0.416 e. The zero-order chi connectivity index (χ0) is 15.7. The van der Waals surface area contributed by atoms with Crippen LogP contribution in [-0.2, 0) is 12.6 Å². The van der Waals surface area contributed by atoms with Gasteiger partial charge in [0.1, 0.15) is 0 Å². The zero-order valence-corrected chi connectivity index (χ0v) is 11.3. The van der Waals surface area contributed by atoms with Gasteiger partial charge in [0.25, 0.3) is 0 Å². The van der Waals surface area contributed by atoms with Crippen molar-refractivity contribution < 1.29 is 27.1 Å². The summed E-state index contributed by atoms with van der Waals surface area (Å²) in [6.45, 7) is 0. The molecule has 2 rings (SSSR count). The number of hydrogen-bond donors (Lipinski definition) is 1. The quantitative estimate of drug-likeness (QED) is 0.819. The van der Waals surface area contributed by atoms with Gasteiger partial charge in [-0.05, 0) is 36.8 Å². The number of alkyl halides is 5. The molecular weight excluding hydrogens is 291 g/mol. The monoisotopic (exact) mass is 308 g/mol. The molecule has 0 heterocycles. The van der Waals surface area contributed by atoms with E-state index in [0.29, 0.717) is 5.56 Å². The van der Waals surface area contributed by atoms with Crippen LogP contribution in [0.25, 0.3) is 0 Å². The minimum atomic E-state index is -4.42. The van der Waals surface area contributed by atoms with E-state index in [1.807, 2.05) is 0 Å². The van der Waals surface area contributed by atoms with E-state index < -0.39 is 23.8 Å². The van der Waals surface area contributed by atoms with E-state index >= 15 is 0 Å². The normalized spacial score (nSPS) is 21.2. The van der Waals surface area contributed by atoms with Crippen LogP contribution >= 0.6 is 0 Å². The van der Waals surface area contributed by atoms with Crippen LogP contribution in [-0.4, -0.2) is 17.1 Å². The lowest BCUT2D eigenvalue weighted by Gasteiger charge is -2.31. The van der Waals surface area contributed by atoms with Crippen molar-refractivity contribution >= 4 is 0 Å². The van der Waals surface area contributed by atoms with Crippen molar-refractivity contribution in [1.29, 1.82) is 0 Å². The molecule has 1 nitrogen and oxygen atoms in total. The van der Waals surface area contributed by atoms with E-state index in [0.717, 1.165) is 12.1 Å². The molecule has 21 heavy (non-hydrogen) atoms. The van der Waals surface area contributed by atoms with Crippen molar-refractivity contribution in [3.05, 3.63) is 35.4 Å². The van der Waals surface area contributed by atoms with Crippen LogP contribution in [0.5, 0.6) is 0 Å². The molecule has 0 spiro atoms. The standard InChI is InChI=1S/C15H17F5O/c16-14(17)6-4-11(5-7-14)13(21)9-10-2-1-3-12(8-10)15(18,19)20/h1-3,8,11,13,21H,4-7,9H2. The topological polar surface area (TPSA) is 20.2 Å². The van der Waals surface area contributed by atoms with Gasteiger partial charge in [-0.3, -0.25) is 0 Å². The van der Waals surface area contributed by atoms with Gasteiger partial charge in [-0.15, -0.1) is 0 Å². The predicted octanol–water partition coefficient (Wildman–Crippen LogP) is 4.43. The highest BCUT2D eigenvalue weighted by atomic mass is 19.4. The van der Waals surface area contributed by atoms with Crippen LogP contribution in [0.2, 0.25) is 0 Å². The molecular formula is C15H17F5O. The number of rotatable bonds is 3. The molecule has 1 aromatic carbocycles. The van der Waals surface area contributed by atoms with Crippen LogP contribution in [0.15, 0.2) is 24.3 Å². The van der Waals surface area contributed by atoms with Crippen LogP contribution in [0.1, 0.15) is 36.8 Å². The number of benzene rings is 1. The minimum absolute atomic E-state index is 0.0557. The average Bonchev–Trinajstić information content (AvgIpc) is 2.37. The Labute approximate surface area is 119 Å². The first-order valence-corrected chi connectivity index (χ1v) is 6.89. The molecule has 1 unspecified atom stereocenters. The van der Waals surface area contributed by atoms with Gasteiger partial charge in [-0.2, -0.15) is 13.2 Å². The summed E-state index contributed by atoms with van der Waals surface area (Å²) in [4.78, 5) is 0. The highest BCUT2D eigenvalue weighted by Crippen LogP contribution is 2.38. The van der Waals surface area contributed by atoms with E-state index in [9.17, 15) is 27.1 Å². The molecule has 1 aliphatic carbocycles. The first kappa shape index (κ1) is 16.2. The number of aliphatic hydroxyl groups is 1. The molecule has 0 aliphatic heterocycles. The molecule has 1 saturated carbocycles. The predicted molar refractivity (Wildman–Crippen MR) is 68.1 cm³/mol. The van der Waals surface area contributed by atoms with E-state index in [2.05, 4.69) is 0 Å². The maximum atomic E-state index is 13.0. The van der Waals surface area contributed by atoms with Gasteiger partial charge in [0.2, 0.25) is 5.92 Å². The Hall–Kier alpha value is -1.17. The lowest BCUT2D eigenvalue weighted by molar-refractivity contribution is -0.137. The Kier molecular flexibility index (Phi) is 4.56. The highest BCUT2D eigenvalue weighted by Gasteiger charge is 2.37. The Morgan fingerprint density at radius 1 is 1.19 bits per heavy atom. The molecule has 0 aromatic heterocycles. The summed E-state index contributed by atoms with van der Waals surface area (Å²) in [5.74, 6) is -2.95. The minimum Gasteiger partial charge on any atom is -0.392 e. The Morgan fingerprint density at radius 3 is 2.38 bits per heavy atom. The fraction of sp³-hybridized carbons (Fsp3) is 0.600. The van der Waals surface area contributed by atoms with Crippen LogP contribution in [0.3, 0.4) is 0 Å². The molecule has 6 heteroatoms. The van der Waals surface area contributed by atoms with Crippen molar-refractivity contribution in [2.45, 2.75) is 50.3 Å². The van der Waals surface area contributed by atoms with E-state index in [1.54, 1.807) is 0 Å². The Bertz CT molecular complexity index is 473. The second kappa shape index (κ2) is 5.91. The molecule has 0 saturated heterocycles. The summed E-state index contributed by atoms with van der Waals surface area (Å²) < 4.78 is 63.9. The summed E-state index contributed by atoms with van der Waals surface area (Å²) in [5.41, 5.74) is -0.392. The van der Waals surface area contributed by atoms with E-state index in [1.165, 1.54) is 12.1 Å². The molecule has 118 valence electrons. The van der Waals surface area contributed by atoms with Gasteiger partial charge in [0.05, 0.1) is 11.7 Å². The molecule has 1 fully saturated rings. The van der Waals surface area contributed by atoms with E-state index in [-0.39, 0.29) is 38.0 Å². The molecule has 1 N–H and O–H groups in total. The second-order valence-corrected chi connectivity index (χ2v) is 5.66. The van der Waals surface area contributed by atoms with Crippen LogP contribution < -0.4 is 0 Å². The molecule has 0 radical (unpaired) electrons. The summed E-state index contributed by atoms with van der Waals surface area (Å²) in [6.07, 6.45) is -5.38. The van der Waals surface area contributed by atoms with E-state index in [4.69, 9.17) is 0 Å². The smallest absolute Gasteiger partial charge is 0.392 e. The van der Waals surface area contributed by atoms with Crippen molar-refractivity contribution in [2.75, 3.05) is 0 Å². The third kappa shape index (κ3) is 4.40. The Morgan fingerprint density at radius 2 is 1.81 bits per heavy atom.